The van der Waals surface area contributed by atoms with Crippen molar-refractivity contribution >= 4 is 40.8 Å². The number of hydrogen-bond donors (Lipinski definition) is 0. The van der Waals surface area contributed by atoms with Gasteiger partial charge in [-0.1, -0.05) is 188 Å². The lowest BCUT2D eigenvalue weighted by atomic mass is 9.97. The molecule has 0 bridgehead atoms. The molecule has 2 aliphatic rings. The quantitative estimate of drug-likeness (QED) is 0.0413. The lowest BCUT2D eigenvalue weighted by molar-refractivity contribution is -0.335. The fourth-order valence-electron chi connectivity index (χ4n) is 9.88. The Bertz CT molecular complexity index is 3440. The highest BCUT2D eigenvalue weighted by Crippen LogP contribution is 2.40. The number of benzene rings is 8. The van der Waals surface area contributed by atoms with Crippen molar-refractivity contribution in [3.8, 4) is 0 Å². The number of esters is 3. The molecule has 16 heteroatoms. The molecule has 3 heterocycles. The van der Waals surface area contributed by atoms with Crippen LogP contribution in [0.25, 0.3) is 11.1 Å². The topological polar surface area (TPSA) is 170 Å². The highest BCUT2D eigenvalue weighted by Gasteiger charge is 2.55. The minimum Gasteiger partial charge on any atom is -0.452 e. The van der Waals surface area contributed by atoms with Crippen LogP contribution in [0.3, 0.4) is 0 Å². The highest BCUT2D eigenvalue weighted by atomic mass is 32.2. The van der Waals surface area contributed by atoms with Crippen LogP contribution < -0.4 is 0 Å². The molecule has 0 spiro atoms. The summed E-state index contributed by atoms with van der Waals surface area (Å²) in [5.41, 5.74) is 4.02. The summed E-state index contributed by atoms with van der Waals surface area (Å²) >= 11 is 0.994. The minimum absolute atomic E-state index is 0.0389. The third-order valence-corrected chi connectivity index (χ3v) is 15.1. The van der Waals surface area contributed by atoms with Gasteiger partial charge in [0.25, 0.3) is 5.22 Å². The molecule has 2 fully saturated rings. The highest BCUT2D eigenvalue weighted by molar-refractivity contribution is 7.99. The van der Waals surface area contributed by atoms with Gasteiger partial charge in [0.05, 0.1) is 56.3 Å². The molecule has 11 rings (SSSR count). The van der Waals surface area contributed by atoms with Gasteiger partial charge in [-0.25, -0.2) is 19.4 Å². The van der Waals surface area contributed by atoms with Gasteiger partial charge in [0.15, 0.2) is 35.6 Å². The first kappa shape index (κ1) is 57.5. The minimum atomic E-state index is -1.56. The van der Waals surface area contributed by atoms with E-state index in [1.54, 1.807) is 103 Å². The molecule has 0 aliphatic carbocycles. The number of ether oxygens (including phenoxy) is 10. The Balaban J connectivity index is 0.993. The van der Waals surface area contributed by atoms with Crippen molar-refractivity contribution in [1.29, 1.82) is 0 Å². The van der Waals surface area contributed by atoms with Crippen LogP contribution in [-0.2, 0) is 73.8 Å². The van der Waals surface area contributed by atoms with Gasteiger partial charge in [0.1, 0.15) is 36.0 Å². The third kappa shape index (κ3) is 15.1. The first-order chi connectivity index (χ1) is 41.4. The summed E-state index contributed by atoms with van der Waals surface area (Å²) in [4.78, 5) is 48.2. The standard InChI is InChI=1S/C68H61NO14S/c70-63(50-32-16-5-17-33-50)81-58-56(79-67(84-68-69-53-38-22-23-39-54(53)80-68)62(83-65(72)52-36-20-7-21-37-52)60(58)82-64(71)51-34-18-6-19-35-51)45-77-66-61(76-43-49-30-14-4-15-31-49)59(75-42-48-28-12-3-13-29-48)57(74-41-47-26-10-2-11-27-47)55(78-66)44-73-40-46-24-8-1-9-25-46/h1-39,55-62,66-67H,40-45H2/t55-,56-,57-,58-,59+,60+,61-,62-,66+,67+/m1/s1. The van der Waals surface area contributed by atoms with Crippen molar-refractivity contribution in [1.82, 2.24) is 4.98 Å². The molecular formula is C68H61NO14S. The molecule has 428 valence electrons. The van der Waals surface area contributed by atoms with Gasteiger partial charge in [-0.05, 0) is 82.5 Å². The maximum absolute atomic E-state index is 14.6. The van der Waals surface area contributed by atoms with Crippen LogP contribution in [0.15, 0.2) is 246 Å². The zero-order valence-electron chi connectivity index (χ0n) is 45.6. The van der Waals surface area contributed by atoms with Gasteiger partial charge in [0, 0.05) is 0 Å². The van der Waals surface area contributed by atoms with Gasteiger partial charge >= 0.3 is 17.9 Å². The fourth-order valence-corrected chi connectivity index (χ4v) is 10.9. The van der Waals surface area contributed by atoms with Crippen LogP contribution in [0.4, 0.5) is 0 Å². The van der Waals surface area contributed by atoms with Crippen molar-refractivity contribution in [2.24, 2.45) is 0 Å². The average molecular weight is 1150 g/mol. The molecule has 1 aromatic heterocycles. The predicted molar refractivity (Wildman–Crippen MR) is 311 cm³/mol. The molecule has 0 radical (unpaired) electrons. The van der Waals surface area contributed by atoms with Crippen molar-refractivity contribution in [3.05, 3.63) is 276 Å². The SMILES string of the molecule is O=C(O[C@@H]1[C@@H](OC(=O)c2ccccc2)[C@H](Sc2nc3ccccc3o2)O[C@H](CO[C@H]2O[C@H](COCc3ccccc3)[C@@H](OCc3ccccc3)[C@H](OCc3ccccc3)[C@H]2OCc2ccccc2)[C@H]1OC(=O)c1ccccc1)c1ccccc1. The number of rotatable bonds is 24. The van der Waals surface area contributed by atoms with Crippen molar-refractivity contribution in [3.63, 3.8) is 0 Å². The fraction of sp³-hybridized carbons (Fsp3) is 0.235. The number of hydrogen-bond acceptors (Lipinski definition) is 16. The van der Waals surface area contributed by atoms with Gasteiger partial charge in [-0.3, -0.25) is 0 Å². The predicted octanol–water partition coefficient (Wildman–Crippen LogP) is 12.0. The zero-order chi connectivity index (χ0) is 57.3. The normalized spacial score (nSPS) is 22.2. The maximum atomic E-state index is 14.6. The van der Waals surface area contributed by atoms with Gasteiger partial charge in [0.2, 0.25) is 0 Å². The number of thioether (sulfide) groups is 1. The zero-order valence-corrected chi connectivity index (χ0v) is 46.4. The second-order valence-corrected chi connectivity index (χ2v) is 21.0. The van der Waals surface area contributed by atoms with Gasteiger partial charge < -0.3 is 51.8 Å². The maximum Gasteiger partial charge on any atom is 0.338 e. The smallest absolute Gasteiger partial charge is 0.338 e. The number of aromatic nitrogens is 1. The Hall–Kier alpha value is -8.29. The summed E-state index contributed by atoms with van der Waals surface area (Å²) < 4.78 is 74.2. The molecule has 15 nitrogen and oxygen atoms in total. The molecule has 8 aromatic carbocycles. The molecule has 2 aliphatic heterocycles. The Morgan fingerprint density at radius 3 is 1.29 bits per heavy atom. The largest absolute Gasteiger partial charge is 0.452 e. The summed E-state index contributed by atoms with van der Waals surface area (Å²) in [5.74, 6) is -2.34. The summed E-state index contributed by atoms with van der Waals surface area (Å²) in [7, 11) is 0. The van der Waals surface area contributed by atoms with Crippen LogP contribution in [-0.4, -0.2) is 96.7 Å². The van der Waals surface area contributed by atoms with Crippen molar-refractivity contribution in [2.75, 3.05) is 13.2 Å². The summed E-state index contributed by atoms with van der Waals surface area (Å²) in [6.07, 6.45) is -10.6. The number of carbonyl (C=O) groups excluding carboxylic acids is 3. The van der Waals surface area contributed by atoms with Crippen LogP contribution in [0, 0.1) is 0 Å². The van der Waals surface area contributed by atoms with E-state index in [0.29, 0.717) is 11.1 Å². The van der Waals surface area contributed by atoms with E-state index in [-0.39, 0.29) is 54.9 Å². The molecule has 0 unspecified atom stereocenters. The van der Waals surface area contributed by atoms with E-state index in [1.807, 2.05) is 133 Å². The van der Waals surface area contributed by atoms with E-state index < -0.39 is 85.1 Å². The second-order valence-electron chi connectivity index (χ2n) is 20.0. The van der Waals surface area contributed by atoms with Crippen molar-refractivity contribution < 1.29 is 66.2 Å². The summed E-state index contributed by atoms with van der Waals surface area (Å²) in [6.45, 7) is 0.398. The van der Waals surface area contributed by atoms with E-state index >= 15 is 0 Å². The molecule has 0 amide bonds. The van der Waals surface area contributed by atoms with Gasteiger partial charge in [-0.15, -0.1) is 0 Å². The molecule has 84 heavy (non-hydrogen) atoms. The lowest BCUT2D eigenvalue weighted by Gasteiger charge is -2.47. The van der Waals surface area contributed by atoms with E-state index in [0.717, 1.165) is 34.0 Å². The number of fused-ring (bicyclic) bond motifs is 1. The van der Waals surface area contributed by atoms with Crippen LogP contribution in [0.1, 0.15) is 53.3 Å². The first-order valence-electron chi connectivity index (χ1n) is 27.7. The van der Waals surface area contributed by atoms with Crippen LogP contribution in [0.2, 0.25) is 0 Å². The summed E-state index contributed by atoms with van der Waals surface area (Å²) in [6, 6.07) is 71.3. The molecule has 0 N–H and O–H groups in total. The lowest BCUT2D eigenvalue weighted by Crippen LogP contribution is -2.64. The Morgan fingerprint density at radius 1 is 0.381 bits per heavy atom. The Morgan fingerprint density at radius 2 is 0.786 bits per heavy atom. The van der Waals surface area contributed by atoms with E-state index in [1.165, 1.54) is 0 Å². The monoisotopic (exact) mass is 1150 g/mol. The van der Waals surface area contributed by atoms with Gasteiger partial charge in [-0.2, -0.15) is 0 Å². The van der Waals surface area contributed by atoms with E-state index in [9.17, 15) is 14.4 Å². The number of para-hydroxylation sites is 2. The Labute approximate surface area is 490 Å². The summed E-state index contributed by atoms with van der Waals surface area (Å²) in [5, 5.41) is 0.151. The van der Waals surface area contributed by atoms with E-state index in [2.05, 4.69) is 0 Å². The van der Waals surface area contributed by atoms with Crippen LogP contribution >= 0.6 is 11.8 Å². The second kappa shape index (κ2) is 28.8. The molecule has 2 saturated heterocycles. The number of carbonyl (C=O) groups is 3. The molecule has 10 atom stereocenters. The average Bonchev–Trinajstić information content (AvgIpc) is 2.58. The molecule has 9 aromatic rings. The number of nitrogens with zero attached hydrogens (tertiary/aromatic N) is 1. The van der Waals surface area contributed by atoms with Crippen molar-refractivity contribution in [2.45, 2.75) is 92.2 Å². The third-order valence-electron chi connectivity index (χ3n) is 14.1. The first-order valence-corrected chi connectivity index (χ1v) is 28.6. The number of oxazole rings is 1. The van der Waals surface area contributed by atoms with E-state index in [4.69, 9.17) is 56.8 Å². The molecule has 0 saturated carbocycles. The molecular weight excluding hydrogens is 1090 g/mol. The Kier molecular flexibility index (Phi) is 19.7. The van der Waals surface area contributed by atoms with Crippen LogP contribution in [0.5, 0.6) is 0 Å².